The van der Waals surface area contributed by atoms with E-state index in [1.54, 1.807) is 32.4 Å². The number of hydrogen-bond donors (Lipinski definition) is 1. The monoisotopic (exact) mass is 413 g/mol. The van der Waals surface area contributed by atoms with Crippen LogP contribution in [0.3, 0.4) is 0 Å². The number of carbonyl (C=O) groups is 1. The summed E-state index contributed by atoms with van der Waals surface area (Å²) in [5, 5.41) is 3.78. The number of halogens is 2. The molecule has 3 atom stereocenters. The summed E-state index contributed by atoms with van der Waals surface area (Å²) in [5.41, 5.74) is 0.332. The van der Waals surface area contributed by atoms with Gasteiger partial charge >= 0.3 is 0 Å². The number of rotatable bonds is 8. The summed E-state index contributed by atoms with van der Waals surface area (Å²) >= 11 is 12.0. The first-order valence-corrected chi connectivity index (χ1v) is 9.45. The Hall–Kier alpha value is -1.53. The van der Waals surface area contributed by atoms with Gasteiger partial charge < -0.3 is 19.5 Å². The minimum Gasteiger partial charge on any atom is -0.479 e. The highest BCUT2D eigenvalue weighted by Crippen LogP contribution is 2.30. The quantitative estimate of drug-likeness (QED) is 0.694. The van der Waals surface area contributed by atoms with E-state index >= 15 is 0 Å². The fourth-order valence-corrected chi connectivity index (χ4v) is 3.42. The predicted molar refractivity (Wildman–Crippen MR) is 108 cm³/mol. The van der Waals surface area contributed by atoms with Gasteiger partial charge in [-0.2, -0.15) is 0 Å². The molecular formula is C20H25Cl2NO4. The smallest absolute Gasteiger partial charge is 0.261 e. The fourth-order valence-electron chi connectivity index (χ4n) is 2.97. The average Bonchev–Trinajstić information content (AvgIpc) is 2.65. The van der Waals surface area contributed by atoms with E-state index in [-0.39, 0.29) is 12.0 Å². The first-order chi connectivity index (χ1) is 12.8. The number of methoxy groups -OCH3 is 2. The van der Waals surface area contributed by atoms with Crippen LogP contribution in [-0.4, -0.2) is 44.5 Å². The summed E-state index contributed by atoms with van der Waals surface area (Å²) in [6.07, 6.45) is 5.30. The molecule has 0 aromatic heterocycles. The maximum atomic E-state index is 12.6. The molecule has 1 aliphatic rings. The highest BCUT2D eigenvalue weighted by atomic mass is 35.5. The number of benzene rings is 1. The van der Waals surface area contributed by atoms with E-state index in [2.05, 4.69) is 5.32 Å². The van der Waals surface area contributed by atoms with Gasteiger partial charge in [-0.1, -0.05) is 48.4 Å². The minimum absolute atomic E-state index is 0.229. The molecule has 0 bridgehead atoms. The molecule has 0 aliphatic heterocycles. The fraction of sp³-hybridized carbons (Fsp3) is 0.450. The van der Waals surface area contributed by atoms with Crippen molar-refractivity contribution in [3.05, 3.63) is 52.0 Å². The van der Waals surface area contributed by atoms with Crippen LogP contribution in [0.4, 0.5) is 0 Å². The number of hydrogen-bond acceptors (Lipinski definition) is 4. The summed E-state index contributed by atoms with van der Waals surface area (Å²) < 4.78 is 16.9. The average molecular weight is 414 g/mol. The van der Waals surface area contributed by atoms with Crippen LogP contribution in [0.5, 0.6) is 5.75 Å². The lowest BCUT2D eigenvalue weighted by molar-refractivity contribution is -0.128. The van der Waals surface area contributed by atoms with Crippen LogP contribution in [0.25, 0.3) is 0 Å². The molecule has 27 heavy (non-hydrogen) atoms. The molecule has 0 radical (unpaired) electrons. The van der Waals surface area contributed by atoms with Crippen molar-refractivity contribution >= 4 is 29.1 Å². The van der Waals surface area contributed by atoms with Crippen molar-refractivity contribution in [2.75, 3.05) is 20.8 Å². The van der Waals surface area contributed by atoms with E-state index < -0.39 is 11.7 Å². The summed E-state index contributed by atoms with van der Waals surface area (Å²) in [7, 11) is 3.26. The van der Waals surface area contributed by atoms with Gasteiger partial charge in [0.1, 0.15) is 17.5 Å². The number of nitrogens with one attached hydrogen (secondary N) is 1. The number of carbonyl (C=O) groups excluding carboxylic acids is 1. The van der Waals surface area contributed by atoms with Crippen LogP contribution in [0.15, 0.2) is 42.0 Å². The number of ether oxygens (including phenoxy) is 3. The zero-order valence-corrected chi connectivity index (χ0v) is 17.4. The predicted octanol–water partition coefficient (Wildman–Crippen LogP) is 4.18. The standard InChI is InChI=1S/C20H25Cl2NO4/c1-5-16(27-17-9-8-14(21)11-15(17)22)19(24)23-12-13-7-6-10-20(2,26-4)18(13)25-3/h6-11,16,18H,5,12H2,1-4H3,(H,23,24). The molecular weight excluding hydrogens is 389 g/mol. The molecule has 1 N–H and O–H groups in total. The maximum Gasteiger partial charge on any atom is 0.261 e. The van der Waals surface area contributed by atoms with Crippen molar-refractivity contribution in [2.24, 2.45) is 0 Å². The van der Waals surface area contributed by atoms with E-state index in [1.165, 1.54) is 0 Å². The molecule has 7 heteroatoms. The van der Waals surface area contributed by atoms with Crippen LogP contribution in [0.1, 0.15) is 20.3 Å². The lowest BCUT2D eigenvalue weighted by Gasteiger charge is -2.36. The number of allylic oxidation sites excluding steroid dienone is 2. The Labute approximate surface area is 170 Å². The molecule has 1 aromatic rings. The Morgan fingerprint density at radius 1 is 1.33 bits per heavy atom. The van der Waals surface area contributed by atoms with E-state index in [9.17, 15) is 4.79 Å². The van der Waals surface area contributed by atoms with Crippen LogP contribution in [0, 0.1) is 0 Å². The van der Waals surface area contributed by atoms with Gasteiger partial charge in [0.2, 0.25) is 0 Å². The molecule has 0 heterocycles. The molecule has 0 fully saturated rings. The Morgan fingerprint density at radius 3 is 2.67 bits per heavy atom. The zero-order valence-electron chi connectivity index (χ0n) is 15.9. The Balaban J connectivity index is 2.02. The van der Waals surface area contributed by atoms with Crippen LogP contribution in [-0.2, 0) is 14.3 Å². The second-order valence-electron chi connectivity index (χ2n) is 6.41. The SMILES string of the molecule is CCC(Oc1ccc(Cl)cc1Cl)C(=O)NCC1=CC=CC(C)(OC)C1OC. The second kappa shape index (κ2) is 9.60. The zero-order chi connectivity index (χ0) is 20.0. The molecule has 2 rings (SSSR count). The van der Waals surface area contributed by atoms with Crippen molar-refractivity contribution in [3.63, 3.8) is 0 Å². The van der Waals surface area contributed by atoms with Crippen LogP contribution < -0.4 is 10.1 Å². The first-order valence-electron chi connectivity index (χ1n) is 8.70. The second-order valence-corrected chi connectivity index (χ2v) is 7.26. The molecule has 1 aliphatic carbocycles. The van der Waals surface area contributed by atoms with Crippen molar-refractivity contribution in [1.29, 1.82) is 0 Å². The third-order valence-electron chi connectivity index (χ3n) is 4.56. The van der Waals surface area contributed by atoms with Gasteiger partial charge in [0.05, 0.1) is 5.02 Å². The van der Waals surface area contributed by atoms with Crippen LogP contribution in [0.2, 0.25) is 10.0 Å². The van der Waals surface area contributed by atoms with Gasteiger partial charge in [0.15, 0.2) is 6.10 Å². The van der Waals surface area contributed by atoms with Gasteiger partial charge in [-0.25, -0.2) is 0 Å². The van der Waals surface area contributed by atoms with E-state index in [0.29, 0.717) is 28.8 Å². The molecule has 0 spiro atoms. The highest BCUT2D eigenvalue weighted by molar-refractivity contribution is 6.35. The summed E-state index contributed by atoms with van der Waals surface area (Å²) in [4.78, 5) is 12.6. The van der Waals surface area contributed by atoms with E-state index in [0.717, 1.165) is 5.57 Å². The highest BCUT2D eigenvalue weighted by Gasteiger charge is 2.36. The lowest BCUT2D eigenvalue weighted by atomic mass is 9.87. The maximum absolute atomic E-state index is 12.6. The van der Waals surface area contributed by atoms with Gasteiger partial charge in [-0.05, 0) is 37.1 Å². The Bertz CT molecular complexity index is 735. The van der Waals surface area contributed by atoms with Gasteiger partial charge in [0, 0.05) is 25.8 Å². The third kappa shape index (κ3) is 5.26. The largest absolute Gasteiger partial charge is 0.479 e. The first kappa shape index (κ1) is 21.8. The van der Waals surface area contributed by atoms with Crippen LogP contribution >= 0.6 is 23.2 Å². The summed E-state index contributed by atoms with van der Waals surface area (Å²) in [6, 6.07) is 4.90. The van der Waals surface area contributed by atoms with Gasteiger partial charge in [-0.3, -0.25) is 4.79 Å². The Kier molecular flexibility index (Phi) is 7.74. The summed E-state index contributed by atoms with van der Waals surface area (Å²) in [5.74, 6) is 0.192. The lowest BCUT2D eigenvalue weighted by Crippen LogP contribution is -2.47. The normalized spacial score (nSPS) is 22.9. The minimum atomic E-state index is -0.668. The molecule has 5 nitrogen and oxygen atoms in total. The third-order valence-corrected chi connectivity index (χ3v) is 5.09. The Morgan fingerprint density at radius 2 is 2.07 bits per heavy atom. The van der Waals surface area contributed by atoms with E-state index in [4.69, 9.17) is 37.4 Å². The molecule has 1 amide bonds. The molecule has 148 valence electrons. The topological polar surface area (TPSA) is 56.8 Å². The van der Waals surface area contributed by atoms with E-state index in [1.807, 2.05) is 32.1 Å². The van der Waals surface area contributed by atoms with Crippen molar-refractivity contribution < 1.29 is 19.0 Å². The molecule has 0 saturated heterocycles. The molecule has 1 aromatic carbocycles. The van der Waals surface area contributed by atoms with Crippen molar-refractivity contribution in [2.45, 2.75) is 38.1 Å². The van der Waals surface area contributed by atoms with Gasteiger partial charge in [0.25, 0.3) is 5.91 Å². The summed E-state index contributed by atoms with van der Waals surface area (Å²) in [6.45, 7) is 4.14. The van der Waals surface area contributed by atoms with Gasteiger partial charge in [-0.15, -0.1) is 0 Å². The molecule has 3 unspecified atom stereocenters. The number of amides is 1. The van der Waals surface area contributed by atoms with Crippen molar-refractivity contribution in [1.82, 2.24) is 5.32 Å². The van der Waals surface area contributed by atoms with Crippen molar-refractivity contribution in [3.8, 4) is 5.75 Å². The molecule has 0 saturated carbocycles.